The third kappa shape index (κ3) is 1.40. The fourth-order valence-corrected chi connectivity index (χ4v) is 2.38. The first-order valence-electron chi connectivity index (χ1n) is 5.77. The number of nitrogens with zero attached hydrogens (tertiary/aromatic N) is 1. The standard InChI is InChI=1S/C15H15N/c1-16-11-14(12-7-3-2-4-8-12)13-9-5-6-10-15(13)16/h3,5-11H,2,4H2,1H3. The highest BCUT2D eigenvalue weighted by molar-refractivity contribution is 5.95. The summed E-state index contributed by atoms with van der Waals surface area (Å²) in [4.78, 5) is 0. The van der Waals surface area contributed by atoms with Crippen molar-refractivity contribution < 1.29 is 0 Å². The molecule has 0 saturated heterocycles. The molecular weight excluding hydrogens is 194 g/mol. The Labute approximate surface area is 95.7 Å². The molecule has 0 fully saturated rings. The number of aryl methyl sites for hydroxylation is 1. The van der Waals surface area contributed by atoms with Crippen LogP contribution >= 0.6 is 0 Å². The molecule has 0 atom stereocenters. The predicted molar refractivity (Wildman–Crippen MR) is 69.3 cm³/mol. The molecule has 0 unspecified atom stereocenters. The highest BCUT2D eigenvalue weighted by Gasteiger charge is 2.09. The van der Waals surface area contributed by atoms with Crippen LogP contribution in [-0.2, 0) is 7.05 Å². The number of hydrogen-bond donors (Lipinski definition) is 0. The number of para-hydroxylation sites is 1. The van der Waals surface area contributed by atoms with Gasteiger partial charge in [0.1, 0.15) is 0 Å². The van der Waals surface area contributed by atoms with Crippen molar-refractivity contribution >= 4 is 16.5 Å². The van der Waals surface area contributed by atoms with E-state index in [1.807, 2.05) is 0 Å². The highest BCUT2D eigenvalue weighted by atomic mass is 14.9. The fraction of sp³-hybridized carbons (Fsp3) is 0.200. The lowest BCUT2D eigenvalue weighted by Crippen LogP contribution is -1.84. The van der Waals surface area contributed by atoms with Gasteiger partial charge < -0.3 is 4.57 Å². The van der Waals surface area contributed by atoms with Crippen LogP contribution in [0.15, 0.2) is 48.7 Å². The Morgan fingerprint density at radius 2 is 2.00 bits per heavy atom. The molecule has 16 heavy (non-hydrogen) atoms. The van der Waals surface area contributed by atoms with Crippen LogP contribution in [0.5, 0.6) is 0 Å². The number of aromatic nitrogens is 1. The molecule has 0 spiro atoms. The molecule has 80 valence electrons. The minimum atomic E-state index is 1.16. The Morgan fingerprint density at radius 1 is 1.12 bits per heavy atom. The molecule has 1 aromatic carbocycles. The first-order valence-corrected chi connectivity index (χ1v) is 5.77. The lowest BCUT2D eigenvalue weighted by atomic mass is 9.99. The van der Waals surface area contributed by atoms with E-state index in [-0.39, 0.29) is 0 Å². The fourth-order valence-electron chi connectivity index (χ4n) is 2.38. The second-order valence-corrected chi connectivity index (χ2v) is 4.31. The second kappa shape index (κ2) is 3.67. The van der Waals surface area contributed by atoms with Crippen LogP contribution in [-0.4, -0.2) is 4.57 Å². The molecular formula is C15H15N. The second-order valence-electron chi connectivity index (χ2n) is 4.31. The van der Waals surface area contributed by atoms with Crippen molar-refractivity contribution in [2.75, 3.05) is 0 Å². The lowest BCUT2D eigenvalue weighted by molar-refractivity contribution is 0.966. The quantitative estimate of drug-likeness (QED) is 0.671. The van der Waals surface area contributed by atoms with Gasteiger partial charge in [0, 0.05) is 29.7 Å². The van der Waals surface area contributed by atoms with E-state index >= 15 is 0 Å². The van der Waals surface area contributed by atoms with E-state index in [0.717, 1.165) is 6.42 Å². The summed E-state index contributed by atoms with van der Waals surface area (Å²) >= 11 is 0. The van der Waals surface area contributed by atoms with Gasteiger partial charge in [-0.05, 0) is 24.5 Å². The zero-order chi connectivity index (χ0) is 11.0. The van der Waals surface area contributed by atoms with Crippen molar-refractivity contribution in [3.8, 4) is 0 Å². The number of benzene rings is 1. The minimum absolute atomic E-state index is 1.16. The summed E-state index contributed by atoms with van der Waals surface area (Å²) in [7, 11) is 2.11. The third-order valence-electron chi connectivity index (χ3n) is 3.20. The van der Waals surface area contributed by atoms with E-state index in [2.05, 4.69) is 60.3 Å². The molecule has 0 N–H and O–H groups in total. The zero-order valence-corrected chi connectivity index (χ0v) is 9.48. The van der Waals surface area contributed by atoms with Gasteiger partial charge in [-0.2, -0.15) is 0 Å². The van der Waals surface area contributed by atoms with Gasteiger partial charge in [-0.1, -0.05) is 36.4 Å². The molecule has 1 nitrogen and oxygen atoms in total. The Hall–Kier alpha value is -1.76. The predicted octanol–water partition coefficient (Wildman–Crippen LogP) is 3.91. The maximum Gasteiger partial charge on any atom is 0.0484 e. The number of allylic oxidation sites excluding steroid dienone is 4. The van der Waals surface area contributed by atoms with E-state index in [9.17, 15) is 0 Å². The summed E-state index contributed by atoms with van der Waals surface area (Å²) in [6.07, 6.45) is 11.4. The average molecular weight is 209 g/mol. The van der Waals surface area contributed by atoms with E-state index in [1.165, 1.54) is 28.5 Å². The average Bonchev–Trinajstić information content (AvgIpc) is 2.69. The van der Waals surface area contributed by atoms with Crippen LogP contribution in [0, 0.1) is 0 Å². The van der Waals surface area contributed by atoms with E-state index < -0.39 is 0 Å². The van der Waals surface area contributed by atoms with Crippen LogP contribution in [0.4, 0.5) is 0 Å². The maximum atomic E-state index is 2.34. The van der Waals surface area contributed by atoms with Crippen molar-refractivity contribution in [2.45, 2.75) is 12.8 Å². The van der Waals surface area contributed by atoms with Crippen molar-refractivity contribution in [3.05, 3.63) is 54.3 Å². The molecule has 0 bridgehead atoms. The number of fused-ring (bicyclic) bond motifs is 1. The molecule has 1 heteroatoms. The first-order chi connectivity index (χ1) is 7.86. The summed E-state index contributed by atoms with van der Waals surface area (Å²) in [5, 5.41) is 1.35. The zero-order valence-electron chi connectivity index (χ0n) is 9.48. The lowest BCUT2D eigenvalue weighted by Gasteiger charge is -2.05. The molecule has 1 aliphatic carbocycles. The smallest absolute Gasteiger partial charge is 0.0484 e. The number of rotatable bonds is 1. The molecule has 0 amide bonds. The molecule has 0 aliphatic heterocycles. The third-order valence-corrected chi connectivity index (χ3v) is 3.20. The van der Waals surface area contributed by atoms with Crippen LogP contribution in [0.2, 0.25) is 0 Å². The Bertz CT molecular complexity index is 585. The topological polar surface area (TPSA) is 4.93 Å². The molecule has 0 radical (unpaired) electrons. The van der Waals surface area contributed by atoms with Gasteiger partial charge in [0.15, 0.2) is 0 Å². The van der Waals surface area contributed by atoms with E-state index in [4.69, 9.17) is 0 Å². The van der Waals surface area contributed by atoms with Crippen LogP contribution in [0.25, 0.3) is 16.5 Å². The summed E-state index contributed by atoms with van der Waals surface area (Å²) in [5.74, 6) is 0. The largest absolute Gasteiger partial charge is 0.350 e. The molecule has 0 saturated carbocycles. The molecule has 1 aromatic heterocycles. The van der Waals surface area contributed by atoms with Gasteiger partial charge in [-0.3, -0.25) is 0 Å². The van der Waals surface area contributed by atoms with Gasteiger partial charge in [0.25, 0.3) is 0 Å². The normalized spacial score (nSPS) is 15.4. The van der Waals surface area contributed by atoms with Crippen LogP contribution in [0.3, 0.4) is 0 Å². The Morgan fingerprint density at radius 3 is 2.81 bits per heavy atom. The van der Waals surface area contributed by atoms with Gasteiger partial charge >= 0.3 is 0 Å². The number of hydrogen-bond acceptors (Lipinski definition) is 0. The van der Waals surface area contributed by atoms with E-state index in [1.54, 1.807) is 0 Å². The van der Waals surface area contributed by atoms with Crippen molar-refractivity contribution in [1.82, 2.24) is 4.57 Å². The van der Waals surface area contributed by atoms with Gasteiger partial charge in [0.05, 0.1) is 0 Å². The Balaban J connectivity index is 2.24. The van der Waals surface area contributed by atoms with Crippen LogP contribution < -0.4 is 0 Å². The molecule has 3 rings (SSSR count). The van der Waals surface area contributed by atoms with Crippen molar-refractivity contribution in [1.29, 1.82) is 0 Å². The van der Waals surface area contributed by atoms with E-state index in [0.29, 0.717) is 0 Å². The van der Waals surface area contributed by atoms with Gasteiger partial charge in [-0.25, -0.2) is 0 Å². The summed E-state index contributed by atoms with van der Waals surface area (Å²) in [6.45, 7) is 0. The SMILES string of the molecule is Cn1cc(C2=CCCC=C2)c2ccccc21. The molecule has 1 heterocycles. The summed E-state index contributed by atoms with van der Waals surface area (Å²) < 4.78 is 2.20. The van der Waals surface area contributed by atoms with Crippen molar-refractivity contribution in [2.24, 2.45) is 7.05 Å². The first kappa shape index (κ1) is 9.46. The monoisotopic (exact) mass is 209 g/mol. The van der Waals surface area contributed by atoms with Gasteiger partial charge in [-0.15, -0.1) is 0 Å². The van der Waals surface area contributed by atoms with Gasteiger partial charge in [0.2, 0.25) is 0 Å². The molecule has 1 aliphatic rings. The minimum Gasteiger partial charge on any atom is -0.350 e. The molecule has 2 aromatic rings. The van der Waals surface area contributed by atoms with Crippen LogP contribution in [0.1, 0.15) is 18.4 Å². The summed E-state index contributed by atoms with van der Waals surface area (Å²) in [5.41, 5.74) is 4.02. The highest BCUT2D eigenvalue weighted by Crippen LogP contribution is 2.29. The Kier molecular flexibility index (Phi) is 2.17. The van der Waals surface area contributed by atoms with Crippen molar-refractivity contribution in [3.63, 3.8) is 0 Å². The summed E-state index contributed by atoms with van der Waals surface area (Å²) in [6, 6.07) is 8.58. The maximum absolute atomic E-state index is 2.34.